The van der Waals surface area contributed by atoms with E-state index in [9.17, 15) is 4.79 Å². The average Bonchev–Trinajstić information content (AvgIpc) is 3.14. The molecule has 27 heavy (non-hydrogen) atoms. The summed E-state index contributed by atoms with van der Waals surface area (Å²) in [6.45, 7) is 8.34. The molecule has 1 amide bonds. The topological polar surface area (TPSA) is 44.8 Å². The van der Waals surface area contributed by atoms with Crippen LogP contribution in [-0.2, 0) is 16.1 Å². The Morgan fingerprint density at radius 1 is 1.26 bits per heavy atom. The minimum absolute atomic E-state index is 0. The SMILES string of the molecule is CC(CN1CCOCC1)N(Cc1ccccc1)C(=O)CC1CCCN1.Cl.Cl. The second kappa shape index (κ2) is 12.6. The quantitative estimate of drug-likeness (QED) is 0.740. The molecular weight excluding hydrogens is 385 g/mol. The van der Waals surface area contributed by atoms with E-state index < -0.39 is 0 Å². The predicted octanol–water partition coefficient (Wildman–Crippen LogP) is 2.72. The molecule has 0 saturated carbocycles. The van der Waals surface area contributed by atoms with Crippen LogP contribution < -0.4 is 5.32 Å². The maximum absolute atomic E-state index is 13.0. The molecule has 1 N–H and O–H groups in total. The Bertz CT molecular complexity index is 535. The molecule has 2 unspecified atom stereocenters. The van der Waals surface area contributed by atoms with Crippen molar-refractivity contribution in [3.8, 4) is 0 Å². The van der Waals surface area contributed by atoms with E-state index in [0.29, 0.717) is 19.0 Å². The molecule has 2 atom stereocenters. The van der Waals surface area contributed by atoms with E-state index in [-0.39, 0.29) is 36.8 Å². The number of hydrogen-bond acceptors (Lipinski definition) is 4. The Morgan fingerprint density at radius 3 is 2.59 bits per heavy atom. The highest BCUT2D eigenvalue weighted by atomic mass is 35.5. The van der Waals surface area contributed by atoms with E-state index in [1.807, 2.05) is 18.2 Å². The molecule has 3 rings (SSSR count). The highest BCUT2D eigenvalue weighted by molar-refractivity contribution is 5.85. The number of halogens is 2. The highest BCUT2D eigenvalue weighted by Gasteiger charge is 2.26. The molecule has 2 aliphatic heterocycles. The number of amides is 1. The molecule has 0 aromatic heterocycles. The summed E-state index contributed by atoms with van der Waals surface area (Å²) >= 11 is 0. The number of nitrogens with zero attached hydrogens (tertiary/aromatic N) is 2. The average molecular weight is 418 g/mol. The van der Waals surface area contributed by atoms with Crippen molar-refractivity contribution in [1.82, 2.24) is 15.1 Å². The van der Waals surface area contributed by atoms with E-state index >= 15 is 0 Å². The van der Waals surface area contributed by atoms with E-state index in [0.717, 1.165) is 45.8 Å². The zero-order valence-corrected chi connectivity index (χ0v) is 17.8. The first-order chi connectivity index (χ1) is 12.2. The van der Waals surface area contributed by atoms with Crippen LogP contribution >= 0.6 is 24.8 Å². The van der Waals surface area contributed by atoms with Gasteiger partial charge in [-0.2, -0.15) is 0 Å². The summed E-state index contributed by atoms with van der Waals surface area (Å²) < 4.78 is 5.44. The van der Waals surface area contributed by atoms with Gasteiger partial charge < -0.3 is 15.0 Å². The molecule has 0 radical (unpaired) electrons. The normalized spacial score (nSPS) is 21.0. The molecule has 2 saturated heterocycles. The van der Waals surface area contributed by atoms with E-state index in [1.165, 1.54) is 12.0 Å². The van der Waals surface area contributed by atoms with Crippen LogP contribution in [-0.4, -0.2) is 67.2 Å². The first kappa shape index (κ1) is 24.2. The molecule has 2 heterocycles. The van der Waals surface area contributed by atoms with Crippen molar-refractivity contribution in [2.75, 3.05) is 39.4 Å². The lowest BCUT2D eigenvalue weighted by Gasteiger charge is -2.35. The van der Waals surface area contributed by atoms with Gasteiger partial charge in [-0.3, -0.25) is 9.69 Å². The van der Waals surface area contributed by atoms with Crippen LogP contribution in [0.3, 0.4) is 0 Å². The fourth-order valence-electron chi connectivity index (χ4n) is 3.78. The first-order valence-electron chi connectivity index (χ1n) is 9.59. The number of carbonyl (C=O) groups is 1. The molecule has 0 aliphatic carbocycles. The Balaban J connectivity index is 0.00000182. The summed E-state index contributed by atoms with van der Waals surface area (Å²) in [6, 6.07) is 10.9. The molecule has 0 spiro atoms. The molecule has 5 nitrogen and oxygen atoms in total. The third-order valence-corrected chi connectivity index (χ3v) is 5.26. The van der Waals surface area contributed by atoms with Crippen LogP contribution in [0.5, 0.6) is 0 Å². The first-order valence-corrected chi connectivity index (χ1v) is 9.59. The van der Waals surface area contributed by atoms with Crippen molar-refractivity contribution >= 4 is 30.7 Å². The van der Waals surface area contributed by atoms with Gasteiger partial charge in [0.2, 0.25) is 5.91 Å². The summed E-state index contributed by atoms with van der Waals surface area (Å²) in [7, 11) is 0. The lowest BCUT2D eigenvalue weighted by molar-refractivity contribution is -0.135. The predicted molar refractivity (Wildman–Crippen MR) is 114 cm³/mol. The van der Waals surface area contributed by atoms with E-state index in [1.54, 1.807) is 0 Å². The van der Waals surface area contributed by atoms with Gasteiger partial charge in [-0.1, -0.05) is 30.3 Å². The second-order valence-electron chi connectivity index (χ2n) is 7.27. The third-order valence-electron chi connectivity index (χ3n) is 5.26. The number of ether oxygens (including phenoxy) is 1. The van der Waals surface area contributed by atoms with Gasteiger partial charge in [-0.15, -0.1) is 24.8 Å². The van der Waals surface area contributed by atoms with Gasteiger partial charge in [0.05, 0.1) is 13.2 Å². The van der Waals surface area contributed by atoms with Crippen LogP contribution in [0.15, 0.2) is 30.3 Å². The van der Waals surface area contributed by atoms with Crippen molar-refractivity contribution in [3.63, 3.8) is 0 Å². The zero-order valence-electron chi connectivity index (χ0n) is 16.1. The maximum atomic E-state index is 13.0. The highest BCUT2D eigenvalue weighted by Crippen LogP contribution is 2.16. The van der Waals surface area contributed by atoms with Crippen LogP contribution in [0.25, 0.3) is 0 Å². The van der Waals surface area contributed by atoms with Crippen LogP contribution in [0.2, 0.25) is 0 Å². The van der Waals surface area contributed by atoms with Crippen LogP contribution in [0.1, 0.15) is 31.7 Å². The smallest absolute Gasteiger partial charge is 0.224 e. The van der Waals surface area contributed by atoms with Gasteiger partial charge in [0.15, 0.2) is 0 Å². The fourth-order valence-corrected chi connectivity index (χ4v) is 3.78. The lowest BCUT2D eigenvalue weighted by atomic mass is 10.1. The minimum Gasteiger partial charge on any atom is -0.379 e. The van der Waals surface area contributed by atoms with Gasteiger partial charge in [0, 0.05) is 44.7 Å². The summed E-state index contributed by atoms with van der Waals surface area (Å²) in [6.07, 6.45) is 2.91. The number of benzene rings is 1. The van der Waals surface area contributed by atoms with Crippen molar-refractivity contribution in [1.29, 1.82) is 0 Å². The zero-order chi connectivity index (χ0) is 17.5. The summed E-state index contributed by atoms with van der Waals surface area (Å²) in [5.74, 6) is 0.268. The summed E-state index contributed by atoms with van der Waals surface area (Å²) in [5, 5.41) is 3.45. The van der Waals surface area contributed by atoms with Crippen LogP contribution in [0.4, 0.5) is 0 Å². The van der Waals surface area contributed by atoms with E-state index in [2.05, 4.69) is 34.2 Å². The molecule has 154 valence electrons. The van der Waals surface area contributed by atoms with Crippen molar-refractivity contribution in [2.24, 2.45) is 0 Å². The Hall–Kier alpha value is -0.850. The number of morpholine rings is 1. The fraction of sp³-hybridized carbons (Fsp3) is 0.650. The third kappa shape index (κ3) is 7.59. The summed E-state index contributed by atoms with van der Waals surface area (Å²) in [5.41, 5.74) is 1.20. The van der Waals surface area contributed by atoms with E-state index in [4.69, 9.17) is 4.74 Å². The number of rotatable bonds is 7. The Morgan fingerprint density at radius 2 is 1.96 bits per heavy atom. The van der Waals surface area contributed by atoms with Gasteiger partial charge in [-0.05, 0) is 31.9 Å². The lowest BCUT2D eigenvalue weighted by Crippen LogP contribution is -2.48. The Kier molecular flexibility index (Phi) is 11.3. The minimum atomic E-state index is 0. The molecule has 1 aromatic carbocycles. The largest absolute Gasteiger partial charge is 0.379 e. The Labute approximate surface area is 175 Å². The second-order valence-corrected chi connectivity index (χ2v) is 7.27. The molecule has 2 fully saturated rings. The van der Waals surface area contributed by atoms with Crippen molar-refractivity contribution in [2.45, 2.75) is 44.8 Å². The van der Waals surface area contributed by atoms with Gasteiger partial charge in [0.25, 0.3) is 0 Å². The van der Waals surface area contributed by atoms with Gasteiger partial charge in [-0.25, -0.2) is 0 Å². The van der Waals surface area contributed by atoms with Crippen LogP contribution in [0, 0.1) is 0 Å². The molecular formula is C20H33Cl2N3O2. The number of carbonyl (C=O) groups excluding carboxylic acids is 1. The maximum Gasteiger partial charge on any atom is 0.224 e. The number of nitrogens with one attached hydrogen (secondary N) is 1. The molecule has 2 aliphatic rings. The van der Waals surface area contributed by atoms with Crippen molar-refractivity contribution < 1.29 is 9.53 Å². The van der Waals surface area contributed by atoms with Gasteiger partial charge in [0.1, 0.15) is 0 Å². The molecule has 7 heteroatoms. The number of hydrogen-bond donors (Lipinski definition) is 1. The molecule has 0 bridgehead atoms. The monoisotopic (exact) mass is 417 g/mol. The van der Waals surface area contributed by atoms with Gasteiger partial charge >= 0.3 is 0 Å². The summed E-state index contributed by atoms with van der Waals surface area (Å²) in [4.78, 5) is 17.5. The standard InChI is InChI=1S/C20H31N3O2.2ClH/c1-17(15-22-10-12-25-13-11-22)23(16-18-6-3-2-4-7-18)20(24)14-19-8-5-9-21-19;;/h2-4,6-7,17,19,21H,5,8-16H2,1H3;2*1H. The molecule has 1 aromatic rings. The van der Waals surface area contributed by atoms with Crippen molar-refractivity contribution in [3.05, 3.63) is 35.9 Å².